The zero-order chi connectivity index (χ0) is 23.0. The molecule has 3 N–H and O–H groups in total. The van der Waals surface area contributed by atoms with E-state index in [1.54, 1.807) is 12.1 Å². The fourth-order valence-electron chi connectivity index (χ4n) is 3.71. The zero-order valence-electron chi connectivity index (χ0n) is 18.1. The number of amides is 1. The minimum Gasteiger partial charge on any atom is -0.497 e. The molecule has 1 amide bonds. The number of rotatable bonds is 10. The number of carbonyl (C=O) groups is 1. The van der Waals surface area contributed by atoms with Crippen molar-refractivity contribution in [3.63, 3.8) is 0 Å². The summed E-state index contributed by atoms with van der Waals surface area (Å²) in [5, 5.41) is 12.6. The van der Waals surface area contributed by atoms with Gasteiger partial charge in [-0.05, 0) is 49.1 Å². The average Bonchev–Trinajstić information content (AvgIpc) is 2.80. The molecule has 0 saturated carbocycles. The van der Waals surface area contributed by atoms with Gasteiger partial charge in [0, 0.05) is 6.54 Å². The van der Waals surface area contributed by atoms with Gasteiger partial charge < -0.3 is 19.9 Å². The van der Waals surface area contributed by atoms with Crippen LogP contribution >= 0.6 is 0 Å². The van der Waals surface area contributed by atoms with E-state index in [4.69, 9.17) is 9.47 Å². The second-order valence-corrected chi connectivity index (χ2v) is 9.46. The van der Waals surface area contributed by atoms with Gasteiger partial charge in [0.2, 0.25) is 15.9 Å². The standard InChI is InChI=1S/C23H30N2O6S/c1-30-18-7-10-20(11-8-18)32(28,29)25-21-12-9-19(31-22(21)16-26)15-23(27)24-14-13-17-5-3-2-4-6-17/h2-8,10-11,19,21-22,25-26H,9,12-16H2,1H3,(H,24,27)/t19-,21+,22-/m0/s1. The second kappa shape index (κ2) is 11.4. The molecule has 1 aliphatic heterocycles. The quantitative estimate of drug-likeness (QED) is 0.495. The number of aliphatic hydroxyl groups is 1. The molecular weight excluding hydrogens is 432 g/mol. The number of ether oxygens (including phenoxy) is 2. The van der Waals surface area contributed by atoms with Crippen LogP contribution in [0.1, 0.15) is 24.8 Å². The molecule has 0 spiro atoms. The Morgan fingerprint density at radius 2 is 1.84 bits per heavy atom. The summed E-state index contributed by atoms with van der Waals surface area (Å²) in [5.41, 5.74) is 1.15. The van der Waals surface area contributed by atoms with Crippen molar-refractivity contribution in [3.8, 4) is 5.75 Å². The van der Waals surface area contributed by atoms with Gasteiger partial charge in [-0.25, -0.2) is 13.1 Å². The molecule has 2 aromatic rings. The van der Waals surface area contributed by atoms with E-state index in [1.165, 1.54) is 19.2 Å². The number of sulfonamides is 1. The smallest absolute Gasteiger partial charge is 0.240 e. The van der Waals surface area contributed by atoms with Crippen LogP contribution in [0.5, 0.6) is 5.75 Å². The fraction of sp³-hybridized carbons (Fsp3) is 0.435. The van der Waals surface area contributed by atoms with Crippen molar-refractivity contribution in [2.24, 2.45) is 0 Å². The summed E-state index contributed by atoms with van der Waals surface area (Å²) in [6, 6.07) is 15.4. The maximum atomic E-state index is 12.7. The maximum Gasteiger partial charge on any atom is 0.240 e. The van der Waals surface area contributed by atoms with Crippen LogP contribution in [-0.2, 0) is 26.0 Å². The predicted molar refractivity (Wildman–Crippen MR) is 120 cm³/mol. The third-order valence-electron chi connectivity index (χ3n) is 5.46. The van der Waals surface area contributed by atoms with E-state index in [0.29, 0.717) is 25.1 Å². The van der Waals surface area contributed by atoms with Gasteiger partial charge in [0.25, 0.3) is 0 Å². The summed E-state index contributed by atoms with van der Waals surface area (Å²) in [7, 11) is -2.28. The lowest BCUT2D eigenvalue weighted by Gasteiger charge is -2.35. The van der Waals surface area contributed by atoms with Crippen LogP contribution in [0, 0.1) is 0 Å². The molecule has 2 aromatic carbocycles. The molecule has 1 heterocycles. The second-order valence-electron chi connectivity index (χ2n) is 7.75. The van der Waals surface area contributed by atoms with Gasteiger partial charge in [-0.15, -0.1) is 0 Å². The molecule has 0 bridgehead atoms. The fourth-order valence-corrected chi connectivity index (χ4v) is 5.01. The monoisotopic (exact) mass is 462 g/mol. The van der Waals surface area contributed by atoms with E-state index >= 15 is 0 Å². The van der Waals surface area contributed by atoms with Crippen LogP contribution in [0.4, 0.5) is 0 Å². The summed E-state index contributed by atoms with van der Waals surface area (Å²) in [6.45, 7) is 0.186. The third kappa shape index (κ3) is 6.77. The summed E-state index contributed by atoms with van der Waals surface area (Å²) in [6.07, 6.45) is 0.793. The van der Waals surface area contributed by atoms with Gasteiger partial charge in [0.15, 0.2) is 0 Å². The molecule has 174 valence electrons. The Bertz CT molecular complexity index is 966. The SMILES string of the molecule is COc1ccc(S(=O)(=O)N[C@@H]2CC[C@@H](CC(=O)NCCc3ccccc3)O[C@H]2CO)cc1. The molecule has 3 atom stereocenters. The molecule has 8 nitrogen and oxygen atoms in total. The third-order valence-corrected chi connectivity index (χ3v) is 6.97. The highest BCUT2D eigenvalue weighted by Gasteiger charge is 2.34. The van der Waals surface area contributed by atoms with Gasteiger partial charge in [-0.2, -0.15) is 0 Å². The molecule has 3 rings (SSSR count). The first-order valence-corrected chi connectivity index (χ1v) is 12.1. The number of aliphatic hydroxyl groups excluding tert-OH is 1. The summed E-state index contributed by atoms with van der Waals surface area (Å²) in [5.74, 6) is 0.433. The van der Waals surface area contributed by atoms with Gasteiger partial charge in [0.05, 0.1) is 43.3 Å². The molecule has 32 heavy (non-hydrogen) atoms. The number of methoxy groups -OCH3 is 1. The van der Waals surface area contributed by atoms with Crippen molar-refractivity contribution in [3.05, 3.63) is 60.2 Å². The molecule has 1 saturated heterocycles. The van der Waals surface area contributed by atoms with Crippen molar-refractivity contribution >= 4 is 15.9 Å². The van der Waals surface area contributed by atoms with Crippen LogP contribution in [0.25, 0.3) is 0 Å². The van der Waals surface area contributed by atoms with E-state index in [1.807, 2.05) is 30.3 Å². The minimum absolute atomic E-state index is 0.106. The minimum atomic E-state index is -3.78. The van der Waals surface area contributed by atoms with Crippen LogP contribution in [-0.4, -0.2) is 57.9 Å². The molecular formula is C23H30N2O6S. The Morgan fingerprint density at radius 3 is 2.50 bits per heavy atom. The van der Waals surface area contributed by atoms with Crippen molar-refractivity contribution in [2.45, 2.75) is 48.8 Å². The highest BCUT2D eigenvalue weighted by atomic mass is 32.2. The number of hydrogen-bond acceptors (Lipinski definition) is 6. The zero-order valence-corrected chi connectivity index (χ0v) is 18.9. The lowest BCUT2D eigenvalue weighted by Crippen LogP contribution is -2.51. The average molecular weight is 463 g/mol. The van der Waals surface area contributed by atoms with Gasteiger partial charge in [-0.3, -0.25) is 4.79 Å². The highest BCUT2D eigenvalue weighted by molar-refractivity contribution is 7.89. The van der Waals surface area contributed by atoms with Crippen molar-refractivity contribution in [1.82, 2.24) is 10.0 Å². The number of carbonyl (C=O) groups excluding carboxylic acids is 1. The largest absolute Gasteiger partial charge is 0.497 e. The lowest BCUT2D eigenvalue weighted by atomic mass is 9.98. The first-order chi connectivity index (χ1) is 15.4. The molecule has 1 aliphatic rings. The van der Waals surface area contributed by atoms with Gasteiger partial charge in [-0.1, -0.05) is 30.3 Å². The first kappa shape index (κ1) is 24.2. The molecule has 0 unspecified atom stereocenters. The molecule has 0 aliphatic carbocycles. The Kier molecular flexibility index (Phi) is 8.63. The first-order valence-electron chi connectivity index (χ1n) is 10.6. The van der Waals surface area contributed by atoms with E-state index in [2.05, 4.69) is 10.0 Å². The van der Waals surface area contributed by atoms with Crippen LogP contribution in [0.15, 0.2) is 59.5 Å². The Balaban J connectivity index is 1.48. The van der Waals surface area contributed by atoms with Crippen LogP contribution in [0.3, 0.4) is 0 Å². The molecule has 9 heteroatoms. The normalized spacial score (nSPS) is 21.1. The van der Waals surface area contributed by atoms with Crippen LogP contribution < -0.4 is 14.8 Å². The van der Waals surface area contributed by atoms with Crippen molar-refractivity contribution < 1.29 is 27.8 Å². The molecule has 1 fully saturated rings. The number of hydrogen-bond donors (Lipinski definition) is 3. The highest BCUT2D eigenvalue weighted by Crippen LogP contribution is 2.24. The Morgan fingerprint density at radius 1 is 1.12 bits per heavy atom. The lowest BCUT2D eigenvalue weighted by molar-refractivity contribution is -0.130. The topological polar surface area (TPSA) is 114 Å². The van der Waals surface area contributed by atoms with Crippen molar-refractivity contribution in [1.29, 1.82) is 0 Å². The number of nitrogens with one attached hydrogen (secondary N) is 2. The summed E-state index contributed by atoms with van der Waals surface area (Å²) in [4.78, 5) is 12.4. The molecule has 0 radical (unpaired) electrons. The van der Waals surface area contributed by atoms with Crippen molar-refractivity contribution in [2.75, 3.05) is 20.3 Å². The Labute approximate surface area is 189 Å². The van der Waals surface area contributed by atoms with Crippen LogP contribution in [0.2, 0.25) is 0 Å². The summed E-state index contributed by atoms with van der Waals surface area (Å²) >= 11 is 0. The Hall–Kier alpha value is -2.46. The predicted octanol–water partition coefficient (Wildman–Crippen LogP) is 1.63. The van der Waals surface area contributed by atoms with Gasteiger partial charge >= 0.3 is 0 Å². The van der Waals surface area contributed by atoms with E-state index in [0.717, 1.165) is 12.0 Å². The van der Waals surface area contributed by atoms with Gasteiger partial charge in [0.1, 0.15) is 5.75 Å². The maximum absolute atomic E-state index is 12.7. The van der Waals surface area contributed by atoms with E-state index in [9.17, 15) is 18.3 Å². The molecule has 0 aromatic heterocycles. The van der Waals surface area contributed by atoms with E-state index < -0.39 is 22.2 Å². The number of benzene rings is 2. The summed E-state index contributed by atoms with van der Waals surface area (Å²) < 4.78 is 38.9. The van der Waals surface area contributed by atoms with E-state index in [-0.39, 0.29) is 29.9 Å².